The fourth-order valence-electron chi connectivity index (χ4n) is 3.55. The predicted octanol–water partition coefficient (Wildman–Crippen LogP) is 2.54. The number of pyridine rings is 2. The van der Waals surface area contributed by atoms with E-state index in [2.05, 4.69) is 36.0 Å². The first kappa shape index (κ1) is 21.8. The number of carbonyl (C=O) groups is 1. The number of oxazole rings is 1. The number of anilines is 3. The lowest BCUT2D eigenvalue weighted by Crippen LogP contribution is -2.27. The van der Waals surface area contributed by atoms with Crippen LogP contribution in [0.3, 0.4) is 0 Å². The van der Waals surface area contributed by atoms with E-state index in [4.69, 9.17) is 4.42 Å². The number of rotatable bonds is 7. The van der Waals surface area contributed by atoms with E-state index in [9.17, 15) is 9.59 Å². The van der Waals surface area contributed by atoms with Crippen LogP contribution in [0, 0.1) is 0 Å². The number of amides is 1. The van der Waals surface area contributed by atoms with E-state index in [0.29, 0.717) is 34.7 Å². The molecule has 0 aliphatic rings. The number of carbonyl (C=O) groups excluding carboxylic acids is 1. The van der Waals surface area contributed by atoms with Crippen LogP contribution in [0.2, 0.25) is 0 Å². The summed E-state index contributed by atoms with van der Waals surface area (Å²) >= 11 is 0. The lowest BCUT2D eigenvalue weighted by molar-refractivity contribution is 0.0935. The molecule has 5 aromatic heterocycles. The van der Waals surface area contributed by atoms with Crippen molar-refractivity contribution in [1.82, 2.24) is 34.4 Å². The molecule has 0 saturated heterocycles. The summed E-state index contributed by atoms with van der Waals surface area (Å²) in [4.78, 5) is 38.9. The summed E-state index contributed by atoms with van der Waals surface area (Å²) in [5, 5.41) is 13.2. The molecular weight excluding hydrogens is 450 g/mol. The second-order valence-corrected chi connectivity index (χ2v) is 7.55. The predicted molar refractivity (Wildman–Crippen MR) is 128 cm³/mol. The van der Waals surface area contributed by atoms with Crippen LogP contribution in [-0.4, -0.2) is 42.1 Å². The third kappa shape index (κ3) is 4.19. The van der Waals surface area contributed by atoms with Gasteiger partial charge in [-0.2, -0.15) is 9.61 Å². The van der Waals surface area contributed by atoms with Gasteiger partial charge in [0.25, 0.3) is 11.5 Å². The average Bonchev–Trinajstić information content (AvgIpc) is 3.56. The normalized spacial score (nSPS) is 11.8. The minimum atomic E-state index is -0.452. The maximum absolute atomic E-state index is 13.1. The Balaban J connectivity index is 1.49. The summed E-state index contributed by atoms with van der Waals surface area (Å²) in [5.41, 5.74) is 0.546. The average molecular weight is 471 g/mol. The number of fused-ring (bicyclic) bond motifs is 1. The van der Waals surface area contributed by atoms with Gasteiger partial charge in [0.05, 0.1) is 12.4 Å². The van der Waals surface area contributed by atoms with Gasteiger partial charge in [-0.25, -0.2) is 15.0 Å². The van der Waals surface area contributed by atoms with Gasteiger partial charge in [-0.05, 0) is 31.2 Å². The van der Waals surface area contributed by atoms with Crippen LogP contribution in [0.15, 0.2) is 76.7 Å². The molecule has 0 spiro atoms. The molecule has 35 heavy (non-hydrogen) atoms. The van der Waals surface area contributed by atoms with Gasteiger partial charge in [0.15, 0.2) is 5.65 Å². The molecule has 0 radical (unpaired) electrons. The van der Waals surface area contributed by atoms with Gasteiger partial charge in [-0.3, -0.25) is 14.2 Å². The molecule has 1 unspecified atom stereocenters. The molecule has 3 N–H and O–H groups in total. The number of hydrogen-bond donors (Lipinski definition) is 3. The maximum Gasteiger partial charge on any atom is 0.279 e. The minimum absolute atomic E-state index is 0.252. The zero-order chi connectivity index (χ0) is 24.4. The van der Waals surface area contributed by atoms with Crippen molar-refractivity contribution in [2.45, 2.75) is 13.0 Å². The highest BCUT2D eigenvalue weighted by Crippen LogP contribution is 2.21. The summed E-state index contributed by atoms with van der Waals surface area (Å²) in [6.07, 6.45) is 7.64. The molecule has 0 saturated carbocycles. The molecule has 176 valence electrons. The molecule has 5 heterocycles. The quantitative estimate of drug-likeness (QED) is 0.326. The molecule has 1 atom stereocenters. The lowest BCUT2D eigenvalue weighted by Gasteiger charge is -2.12. The van der Waals surface area contributed by atoms with E-state index in [1.807, 2.05) is 0 Å². The van der Waals surface area contributed by atoms with Crippen molar-refractivity contribution in [3.8, 4) is 5.82 Å². The van der Waals surface area contributed by atoms with Crippen molar-refractivity contribution >= 4 is 28.9 Å². The highest BCUT2D eigenvalue weighted by Gasteiger charge is 2.21. The first-order valence-corrected chi connectivity index (χ1v) is 10.7. The zero-order valence-electron chi connectivity index (χ0n) is 18.8. The number of aromatic nitrogens is 6. The molecule has 5 aromatic rings. The Labute approximate surface area is 198 Å². The highest BCUT2D eigenvalue weighted by atomic mass is 16.3. The van der Waals surface area contributed by atoms with E-state index in [1.165, 1.54) is 27.7 Å². The second-order valence-electron chi connectivity index (χ2n) is 7.55. The lowest BCUT2D eigenvalue weighted by atomic mass is 10.2. The minimum Gasteiger partial charge on any atom is -0.447 e. The maximum atomic E-state index is 13.1. The third-order valence-corrected chi connectivity index (χ3v) is 5.25. The van der Waals surface area contributed by atoms with Crippen LogP contribution in [0.4, 0.5) is 17.3 Å². The molecule has 1 amide bonds. The first-order chi connectivity index (χ1) is 17.0. The summed E-state index contributed by atoms with van der Waals surface area (Å²) in [5.74, 6) is 1.41. The summed E-state index contributed by atoms with van der Waals surface area (Å²) in [7, 11) is 1.72. The Hall–Kier alpha value is -5.00. The van der Waals surface area contributed by atoms with Crippen LogP contribution >= 0.6 is 0 Å². The molecule has 12 nitrogen and oxygen atoms in total. The smallest absolute Gasteiger partial charge is 0.279 e. The molecular formula is C23H21N9O3. The van der Waals surface area contributed by atoms with Gasteiger partial charge in [0.1, 0.15) is 41.0 Å². The van der Waals surface area contributed by atoms with E-state index in [-0.39, 0.29) is 11.1 Å². The fraction of sp³-hybridized carbons (Fsp3) is 0.130. The molecule has 12 heteroatoms. The Bertz CT molecular complexity index is 1540. The van der Waals surface area contributed by atoms with Gasteiger partial charge in [0, 0.05) is 25.5 Å². The molecule has 0 fully saturated rings. The topological polar surface area (TPSA) is 144 Å². The molecule has 0 aliphatic carbocycles. The summed E-state index contributed by atoms with van der Waals surface area (Å²) in [6.45, 7) is 1.76. The largest absolute Gasteiger partial charge is 0.447 e. The number of nitrogens with one attached hydrogen (secondary N) is 3. The number of hydrogen-bond acceptors (Lipinski definition) is 9. The highest BCUT2D eigenvalue weighted by molar-refractivity contribution is 6.00. The second kappa shape index (κ2) is 9.09. The van der Waals surface area contributed by atoms with Crippen molar-refractivity contribution in [3.05, 3.63) is 89.3 Å². The number of nitrogens with zero attached hydrogens (tertiary/aromatic N) is 6. The van der Waals surface area contributed by atoms with Crippen LogP contribution in [0.5, 0.6) is 0 Å². The Morgan fingerprint density at radius 1 is 1.14 bits per heavy atom. The van der Waals surface area contributed by atoms with Crippen molar-refractivity contribution < 1.29 is 9.21 Å². The molecule has 0 aliphatic heterocycles. The Morgan fingerprint density at radius 2 is 2.03 bits per heavy atom. The van der Waals surface area contributed by atoms with Crippen LogP contribution in [-0.2, 0) is 0 Å². The van der Waals surface area contributed by atoms with E-state index < -0.39 is 11.9 Å². The van der Waals surface area contributed by atoms with Gasteiger partial charge in [-0.1, -0.05) is 6.07 Å². The SMILES string of the molecule is CNc1cc(Nc2cccn(-c3ccccn3)c2=O)nc2c(C(=O)NC(C)c3ncco3)cnn12. The monoisotopic (exact) mass is 471 g/mol. The van der Waals surface area contributed by atoms with Gasteiger partial charge >= 0.3 is 0 Å². The van der Waals surface area contributed by atoms with E-state index in [0.717, 1.165) is 0 Å². The van der Waals surface area contributed by atoms with Crippen molar-refractivity contribution in [1.29, 1.82) is 0 Å². The standard InChI is InChI=1S/C23H21N9O3/c1-14(22-26-9-11-35-22)28-21(33)15-13-27-32-19(24-2)12-17(30-20(15)32)29-16-6-5-10-31(23(16)34)18-7-3-4-8-25-18/h3-14,24H,1-2H3,(H,28,33)(H,29,30). The van der Waals surface area contributed by atoms with E-state index >= 15 is 0 Å². The third-order valence-electron chi connectivity index (χ3n) is 5.25. The summed E-state index contributed by atoms with van der Waals surface area (Å²) < 4.78 is 8.20. The van der Waals surface area contributed by atoms with E-state index in [1.54, 1.807) is 62.8 Å². The van der Waals surface area contributed by atoms with Crippen LogP contribution < -0.4 is 21.5 Å². The molecule has 5 rings (SSSR count). The van der Waals surface area contributed by atoms with Crippen LogP contribution in [0.25, 0.3) is 11.5 Å². The van der Waals surface area contributed by atoms with Crippen molar-refractivity contribution in [3.63, 3.8) is 0 Å². The Kier molecular flexibility index (Phi) is 5.67. The van der Waals surface area contributed by atoms with Crippen molar-refractivity contribution in [2.75, 3.05) is 17.7 Å². The fourth-order valence-corrected chi connectivity index (χ4v) is 3.55. The Morgan fingerprint density at radius 3 is 2.77 bits per heavy atom. The van der Waals surface area contributed by atoms with Gasteiger partial charge in [-0.15, -0.1) is 0 Å². The van der Waals surface area contributed by atoms with Gasteiger partial charge in [0.2, 0.25) is 5.89 Å². The van der Waals surface area contributed by atoms with Gasteiger partial charge < -0.3 is 20.4 Å². The molecule has 0 bridgehead atoms. The zero-order valence-corrected chi connectivity index (χ0v) is 18.8. The summed E-state index contributed by atoms with van der Waals surface area (Å²) in [6, 6.07) is 9.94. The molecule has 0 aromatic carbocycles. The van der Waals surface area contributed by atoms with Crippen LogP contribution in [0.1, 0.15) is 29.2 Å². The first-order valence-electron chi connectivity index (χ1n) is 10.7. The van der Waals surface area contributed by atoms with Crippen molar-refractivity contribution in [2.24, 2.45) is 0 Å².